The molecule has 0 aliphatic carbocycles. The molecule has 0 fully saturated rings. The van der Waals surface area contributed by atoms with Gasteiger partial charge in [-0.15, -0.1) is 5.10 Å². The van der Waals surface area contributed by atoms with E-state index in [1.807, 2.05) is 13.8 Å². The molecule has 3 nitrogen and oxygen atoms in total. The Bertz CT molecular complexity index is 363. The maximum Gasteiger partial charge on any atom is 0.451 e. The fraction of sp³-hybridized carbons (Fsp3) is 0.714. The Morgan fingerprint density at radius 1 is 1.50 bits per heavy atom. The zero-order valence-electron chi connectivity index (χ0n) is 7.72. The lowest BCUT2D eigenvalue weighted by Crippen LogP contribution is -2.17. The van der Waals surface area contributed by atoms with E-state index in [0.29, 0.717) is 0 Å². The second kappa shape index (κ2) is 3.72. The van der Waals surface area contributed by atoms with Crippen LogP contribution in [0.5, 0.6) is 0 Å². The van der Waals surface area contributed by atoms with Gasteiger partial charge in [0.2, 0.25) is 5.82 Å². The predicted octanol–water partition coefficient (Wildman–Crippen LogP) is 2.62. The molecular weight excluding hydrogens is 215 g/mol. The van der Waals surface area contributed by atoms with Gasteiger partial charge in [-0.3, -0.25) is 9.67 Å². The van der Waals surface area contributed by atoms with Crippen LogP contribution in [0.1, 0.15) is 19.7 Å². The molecule has 80 valence electrons. The molecule has 0 amide bonds. The van der Waals surface area contributed by atoms with E-state index in [9.17, 15) is 13.2 Å². The maximum atomic E-state index is 12.4. The lowest BCUT2D eigenvalue weighted by atomic mass is 10.2. The number of hydrogen-bond acceptors (Lipinski definition) is 2. The van der Waals surface area contributed by atoms with Gasteiger partial charge in [0.15, 0.2) is 4.77 Å². The molecule has 14 heavy (non-hydrogen) atoms. The van der Waals surface area contributed by atoms with Crippen molar-refractivity contribution in [2.24, 2.45) is 5.92 Å². The second-order valence-corrected chi connectivity index (χ2v) is 3.74. The molecule has 0 aliphatic rings. The van der Waals surface area contributed by atoms with Crippen molar-refractivity contribution in [3.63, 3.8) is 0 Å². The Morgan fingerprint density at radius 2 is 2.07 bits per heavy atom. The first-order valence-electron chi connectivity index (χ1n) is 4.04. The van der Waals surface area contributed by atoms with Crippen molar-refractivity contribution in [3.8, 4) is 0 Å². The number of H-pyrrole nitrogens is 1. The molecule has 0 spiro atoms. The highest BCUT2D eigenvalue weighted by Gasteiger charge is 2.37. The normalized spacial score (nSPS) is 12.4. The minimum atomic E-state index is -4.46. The Morgan fingerprint density at radius 3 is 2.50 bits per heavy atom. The molecule has 0 radical (unpaired) electrons. The molecule has 0 atom stereocenters. The molecule has 0 bridgehead atoms. The van der Waals surface area contributed by atoms with E-state index in [1.54, 1.807) is 0 Å². The van der Waals surface area contributed by atoms with Crippen molar-refractivity contribution < 1.29 is 13.2 Å². The van der Waals surface area contributed by atoms with Gasteiger partial charge in [-0.05, 0) is 18.1 Å². The van der Waals surface area contributed by atoms with Crippen LogP contribution in [0.2, 0.25) is 0 Å². The van der Waals surface area contributed by atoms with Gasteiger partial charge in [0.1, 0.15) is 0 Å². The molecule has 0 unspecified atom stereocenters. The average molecular weight is 225 g/mol. The van der Waals surface area contributed by atoms with Crippen LogP contribution in [0.15, 0.2) is 0 Å². The van der Waals surface area contributed by atoms with Gasteiger partial charge >= 0.3 is 6.18 Å². The number of halogens is 3. The van der Waals surface area contributed by atoms with Gasteiger partial charge in [0.25, 0.3) is 0 Å². The SMILES string of the molecule is CC(C)Cn1c(C(F)(F)F)n[nH]c1=S. The van der Waals surface area contributed by atoms with Gasteiger partial charge in [-0.25, -0.2) is 0 Å². The summed E-state index contributed by atoms with van der Waals surface area (Å²) in [5, 5.41) is 5.31. The summed E-state index contributed by atoms with van der Waals surface area (Å²) >= 11 is 4.71. The van der Waals surface area contributed by atoms with Crippen LogP contribution in [0.3, 0.4) is 0 Å². The Hall–Kier alpha value is -0.850. The number of nitrogens with one attached hydrogen (secondary N) is 1. The first-order valence-corrected chi connectivity index (χ1v) is 4.45. The Kier molecular flexibility index (Phi) is 2.98. The third kappa shape index (κ3) is 2.34. The van der Waals surface area contributed by atoms with Crippen molar-refractivity contribution in [1.82, 2.24) is 14.8 Å². The topological polar surface area (TPSA) is 33.6 Å². The summed E-state index contributed by atoms with van der Waals surface area (Å²) in [6, 6.07) is 0. The van der Waals surface area contributed by atoms with Crippen LogP contribution in [-0.2, 0) is 12.7 Å². The largest absolute Gasteiger partial charge is 0.451 e. The smallest absolute Gasteiger partial charge is 0.296 e. The third-order valence-electron chi connectivity index (χ3n) is 1.56. The molecule has 1 aromatic rings. The van der Waals surface area contributed by atoms with Crippen molar-refractivity contribution in [2.75, 3.05) is 0 Å². The molecule has 1 N–H and O–H groups in total. The molecule has 7 heteroatoms. The van der Waals surface area contributed by atoms with E-state index in [-0.39, 0.29) is 17.2 Å². The molecular formula is C7H10F3N3S. The summed E-state index contributed by atoms with van der Waals surface area (Å²) in [7, 11) is 0. The highest BCUT2D eigenvalue weighted by atomic mass is 32.1. The van der Waals surface area contributed by atoms with Gasteiger partial charge in [-0.2, -0.15) is 13.2 Å². The number of nitrogens with zero attached hydrogens (tertiary/aromatic N) is 2. The molecule has 0 saturated carbocycles. The summed E-state index contributed by atoms with van der Waals surface area (Å²) in [5.74, 6) is -0.878. The summed E-state index contributed by atoms with van der Waals surface area (Å²) in [6.07, 6.45) is -4.46. The summed E-state index contributed by atoms with van der Waals surface area (Å²) in [5.41, 5.74) is 0. The van der Waals surface area contributed by atoms with Crippen molar-refractivity contribution in [3.05, 3.63) is 10.6 Å². The van der Waals surface area contributed by atoms with Gasteiger partial charge in [0, 0.05) is 6.54 Å². The number of alkyl halides is 3. The highest BCUT2D eigenvalue weighted by molar-refractivity contribution is 7.71. The predicted molar refractivity (Wildman–Crippen MR) is 47.3 cm³/mol. The molecule has 1 rings (SSSR count). The second-order valence-electron chi connectivity index (χ2n) is 3.35. The lowest BCUT2D eigenvalue weighted by Gasteiger charge is -2.10. The van der Waals surface area contributed by atoms with Gasteiger partial charge in [-0.1, -0.05) is 13.8 Å². The van der Waals surface area contributed by atoms with Gasteiger partial charge < -0.3 is 0 Å². The van der Waals surface area contributed by atoms with Crippen LogP contribution >= 0.6 is 12.2 Å². The van der Waals surface area contributed by atoms with Crippen molar-refractivity contribution in [1.29, 1.82) is 0 Å². The van der Waals surface area contributed by atoms with Crippen molar-refractivity contribution in [2.45, 2.75) is 26.6 Å². The Labute approximate surface area is 83.9 Å². The zero-order valence-corrected chi connectivity index (χ0v) is 8.54. The van der Waals surface area contributed by atoms with E-state index in [0.717, 1.165) is 4.57 Å². The summed E-state index contributed by atoms with van der Waals surface area (Å²) in [4.78, 5) is 0. The first-order chi connectivity index (χ1) is 6.32. The quantitative estimate of drug-likeness (QED) is 0.785. The lowest BCUT2D eigenvalue weighted by molar-refractivity contribution is -0.147. The number of rotatable bonds is 2. The van der Waals surface area contributed by atoms with Gasteiger partial charge in [0.05, 0.1) is 0 Å². The minimum Gasteiger partial charge on any atom is -0.296 e. The van der Waals surface area contributed by atoms with E-state index in [4.69, 9.17) is 12.2 Å². The van der Waals surface area contributed by atoms with Crippen LogP contribution in [-0.4, -0.2) is 14.8 Å². The van der Waals surface area contributed by atoms with Crippen LogP contribution in [0.4, 0.5) is 13.2 Å². The number of hydrogen-bond donors (Lipinski definition) is 1. The number of aromatic nitrogens is 3. The first kappa shape index (κ1) is 11.2. The monoisotopic (exact) mass is 225 g/mol. The zero-order chi connectivity index (χ0) is 10.9. The van der Waals surface area contributed by atoms with E-state index in [1.165, 1.54) is 0 Å². The summed E-state index contributed by atoms with van der Waals surface area (Å²) in [6.45, 7) is 3.84. The van der Waals surface area contributed by atoms with Crippen LogP contribution in [0, 0.1) is 10.7 Å². The third-order valence-corrected chi connectivity index (χ3v) is 1.87. The molecule has 0 aliphatic heterocycles. The standard InChI is InChI=1S/C7H10F3N3S/c1-4(2)3-13-5(7(8,9)10)11-12-6(13)14/h4H,3H2,1-2H3,(H,12,14). The molecule has 1 aromatic heterocycles. The fourth-order valence-electron chi connectivity index (χ4n) is 1.07. The minimum absolute atomic E-state index is 0.00558. The Balaban J connectivity index is 3.13. The molecule has 0 saturated heterocycles. The van der Waals surface area contributed by atoms with E-state index < -0.39 is 12.0 Å². The average Bonchev–Trinajstić information content (AvgIpc) is 2.30. The number of aromatic amines is 1. The van der Waals surface area contributed by atoms with Crippen LogP contribution in [0.25, 0.3) is 0 Å². The summed E-state index contributed by atoms with van der Waals surface area (Å²) < 4.78 is 38.1. The highest BCUT2D eigenvalue weighted by Crippen LogP contribution is 2.27. The van der Waals surface area contributed by atoms with Crippen molar-refractivity contribution >= 4 is 12.2 Å². The van der Waals surface area contributed by atoms with E-state index >= 15 is 0 Å². The maximum absolute atomic E-state index is 12.4. The molecule has 0 aromatic carbocycles. The molecule has 1 heterocycles. The van der Waals surface area contributed by atoms with E-state index in [2.05, 4.69) is 10.2 Å². The van der Waals surface area contributed by atoms with Crippen LogP contribution < -0.4 is 0 Å². The fourth-order valence-corrected chi connectivity index (χ4v) is 1.28.